The second kappa shape index (κ2) is 11.3. The van der Waals surface area contributed by atoms with Gasteiger partial charge in [0.25, 0.3) is 11.5 Å². The molecule has 10 heteroatoms. The fourth-order valence-corrected chi connectivity index (χ4v) is 4.11. The molecule has 0 bridgehead atoms. The number of benzene rings is 2. The molecule has 7 nitrogen and oxygen atoms in total. The molecule has 1 atom stereocenters. The zero-order valence-corrected chi connectivity index (χ0v) is 20.1. The highest BCUT2D eigenvalue weighted by Gasteiger charge is 2.24. The molecule has 1 amide bonds. The summed E-state index contributed by atoms with van der Waals surface area (Å²) in [6.07, 6.45) is 1.28. The highest BCUT2D eigenvalue weighted by atomic mass is 35.5. The minimum atomic E-state index is -0.956. The number of nitrogens with two attached hydrogens (primary N) is 1. The van der Waals surface area contributed by atoms with Gasteiger partial charge in [-0.25, -0.2) is 4.39 Å². The summed E-state index contributed by atoms with van der Waals surface area (Å²) in [4.78, 5) is 37.5. The quantitative estimate of drug-likeness (QED) is 0.455. The average molecular weight is 516 g/mol. The second-order valence-corrected chi connectivity index (χ2v) is 8.54. The number of primary amides is 1. The number of methoxy groups -OCH3 is 1. The lowest BCUT2D eigenvalue weighted by molar-refractivity contribution is -0.122. The molecule has 3 aromatic rings. The molecule has 2 N–H and O–H groups in total. The third-order valence-corrected chi connectivity index (χ3v) is 5.94. The Hall–Kier alpha value is -3.51. The van der Waals surface area contributed by atoms with Crippen LogP contribution in [0.25, 0.3) is 11.1 Å². The molecule has 2 aromatic carbocycles. The van der Waals surface area contributed by atoms with E-state index in [1.807, 2.05) is 6.07 Å². The first-order chi connectivity index (χ1) is 16.7. The molecular weight excluding hydrogens is 496 g/mol. The van der Waals surface area contributed by atoms with Gasteiger partial charge in [0.2, 0.25) is 0 Å². The molecule has 0 aliphatic rings. The Morgan fingerprint density at radius 3 is 2.54 bits per heavy atom. The number of Topliss-reactive ketones (excluding diaryl/α,β-unsaturated/α-hetero) is 1. The number of halogens is 3. The van der Waals surface area contributed by atoms with E-state index in [9.17, 15) is 24.0 Å². The van der Waals surface area contributed by atoms with Crippen molar-refractivity contribution in [3.63, 3.8) is 0 Å². The summed E-state index contributed by atoms with van der Waals surface area (Å²) in [5.74, 6) is -2.14. The maximum Gasteiger partial charge on any atom is 0.251 e. The molecule has 35 heavy (non-hydrogen) atoms. The van der Waals surface area contributed by atoms with Crippen LogP contribution >= 0.6 is 23.2 Å². The lowest BCUT2D eigenvalue weighted by atomic mass is 9.98. The van der Waals surface area contributed by atoms with E-state index in [2.05, 4.69) is 0 Å². The van der Waals surface area contributed by atoms with E-state index in [0.29, 0.717) is 21.7 Å². The number of nitrogens with zero attached hydrogens (tertiary/aromatic N) is 2. The van der Waals surface area contributed by atoms with Crippen LogP contribution in [-0.4, -0.2) is 30.0 Å². The first kappa shape index (κ1) is 26.1. The van der Waals surface area contributed by atoms with Gasteiger partial charge in [0.15, 0.2) is 5.78 Å². The minimum absolute atomic E-state index is 0.135. The monoisotopic (exact) mass is 515 g/mol. The highest BCUT2D eigenvalue weighted by molar-refractivity contribution is 6.33. The smallest absolute Gasteiger partial charge is 0.251 e. The van der Waals surface area contributed by atoms with Crippen molar-refractivity contribution in [2.45, 2.75) is 18.9 Å². The molecule has 0 spiro atoms. The van der Waals surface area contributed by atoms with Crippen molar-refractivity contribution in [3.05, 3.63) is 91.6 Å². The summed E-state index contributed by atoms with van der Waals surface area (Å²) >= 11 is 12.5. The molecule has 3 rings (SSSR count). The van der Waals surface area contributed by atoms with E-state index < -0.39 is 23.3 Å². The summed E-state index contributed by atoms with van der Waals surface area (Å²) in [6.45, 7) is 0.171. The summed E-state index contributed by atoms with van der Waals surface area (Å²) in [7, 11) is 1.46. The van der Waals surface area contributed by atoms with Gasteiger partial charge >= 0.3 is 0 Å². The minimum Gasteiger partial charge on any atom is -0.385 e. The fourth-order valence-electron chi connectivity index (χ4n) is 3.68. The Morgan fingerprint density at radius 1 is 1.17 bits per heavy atom. The van der Waals surface area contributed by atoms with Crippen molar-refractivity contribution in [3.8, 4) is 17.2 Å². The SMILES string of the molecule is COCCC(C(=O)Cc1ccc(C(N)=O)c(F)c1)n1cc(Cl)c(-c2cc(Cl)ccc2C#N)cc1=O. The van der Waals surface area contributed by atoms with Crippen LogP contribution < -0.4 is 11.3 Å². The predicted molar refractivity (Wildman–Crippen MR) is 130 cm³/mol. The first-order valence-corrected chi connectivity index (χ1v) is 11.1. The Bertz CT molecular complexity index is 1400. The largest absolute Gasteiger partial charge is 0.385 e. The van der Waals surface area contributed by atoms with Crippen molar-refractivity contribution >= 4 is 34.9 Å². The normalized spacial score (nSPS) is 11.6. The number of nitriles is 1. The Balaban J connectivity index is 2.00. The zero-order chi connectivity index (χ0) is 25.7. The number of ketones is 1. The van der Waals surface area contributed by atoms with Crippen molar-refractivity contribution in [2.75, 3.05) is 13.7 Å². The van der Waals surface area contributed by atoms with Gasteiger partial charge in [-0.2, -0.15) is 5.26 Å². The van der Waals surface area contributed by atoms with E-state index in [4.69, 9.17) is 33.7 Å². The number of ether oxygens (including phenoxy) is 1. The van der Waals surface area contributed by atoms with Crippen molar-refractivity contribution < 1.29 is 18.7 Å². The number of carbonyl (C=O) groups excluding carboxylic acids is 2. The third kappa shape index (κ3) is 5.95. The molecule has 0 aliphatic carbocycles. The fraction of sp³-hybridized carbons (Fsp3) is 0.200. The molecule has 0 radical (unpaired) electrons. The van der Waals surface area contributed by atoms with Gasteiger partial charge in [-0.05, 0) is 42.3 Å². The lowest BCUT2D eigenvalue weighted by Gasteiger charge is -2.20. The molecule has 180 valence electrons. The van der Waals surface area contributed by atoms with Crippen LogP contribution in [0.15, 0.2) is 53.5 Å². The maximum absolute atomic E-state index is 14.2. The Labute approximate surface area is 210 Å². The zero-order valence-electron chi connectivity index (χ0n) is 18.6. The van der Waals surface area contributed by atoms with E-state index in [1.54, 1.807) is 6.07 Å². The summed E-state index contributed by atoms with van der Waals surface area (Å²) in [5, 5.41) is 9.92. The number of hydrogen-bond donors (Lipinski definition) is 1. The topological polar surface area (TPSA) is 115 Å². The van der Waals surface area contributed by atoms with Crippen LogP contribution in [-0.2, 0) is 16.0 Å². The van der Waals surface area contributed by atoms with E-state index >= 15 is 0 Å². The summed E-state index contributed by atoms with van der Waals surface area (Å²) < 4.78 is 20.4. The van der Waals surface area contributed by atoms with Crippen LogP contribution in [0, 0.1) is 17.1 Å². The van der Waals surface area contributed by atoms with Crippen molar-refractivity contribution in [2.24, 2.45) is 5.73 Å². The molecule has 1 unspecified atom stereocenters. The highest BCUT2D eigenvalue weighted by Crippen LogP contribution is 2.32. The Kier molecular flexibility index (Phi) is 8.41. The number of carbonyl (C=O) groups is 2. The van der Waals surface area contributed by atoms with Gasteiger partial charge in [-0.15, -0.1) is 0 Å². The molecular formula is C25H20Cl2FN3O4. The van der Waals surface area contributed by atoms with Crippen LogP contribution in [0.2, 0.25) is 10.0 Å². The summed E-state index contributed by atoms with van der Waals surface area (Å²) in [5.41, 5.74) is 5.59. The van der Waals surface area contributed by atoms with Crippen LogP contribution in [0.5, 0.6) is 0 Å². The maximum atomic E-state index is 14.2. The van der Waals surface area contributed by atoms with Gasteiger partial charge in [-0.1, -0.05) is 29.3 Å². The van der Waals surface area contributed by atoms with Gasteiger partial charge in [-0.3, -0.25) is 14.4 Å². The lowest BCUT2D eigenvalue weighted by Crippen LogP contribution is -2.31. The van der Waals surface area contributed by atoms with E-state index in [0.717, 1.165) is 6.07 Å². The molecule has 0 fully saturated rings. The first-order valence-electron chi connectivity index (χ1n) is 10.4. The van der Waals surface area contributed by atoms with Crippen LogP contribution in [0.4, 0.5) is 4.39 Å². The molecule has 0 aliphatic heterocycles. The average Bonchev–Trinajstić information content (AvgIpc) is 2.81. The third-order valence-electron chi connectivity index (χ3n) is 5.40. The number of rotatable bonds is 9. The predicted octanol–water partition coefficient (Wildman–Crippen LogP) is 4.32. The number of pyridine rings is 1. The Morgan fingerprint density at radius 2 is 1.91 bits per heavy atom. The van der Waals surface area contributed by atoms with Crippen LogP contribution in [0.3, 0.4) is 0 Å². The van der Waals surface area contributed by atoms with Crippen molar-refractivity contribution in [1.82, 2.24) is 4.57 Å². The van der Waals surface area contributed by atoms with Crippen molar-refractivity contribution in [1.29, 1.82) is 5.26 Å². The number of amides is 1. The molecule has 1 aromatic heterocycles. The number of aromatic nitrogens is 1. The van der Waals surface area contributed by atoms with Gasteiger partial charge in [0.05, 0.1) is 28.3 Å². The molecule has 0 saturated carbocycles. The van der Waals surface area contributed by atoms with E-state index in [1.165, 1.54) is 48.2 Å². The second-order valence-electron chi connectivity index (χ2n) is 7.70. The van der Waals surface area contributed by atoms with E-state index in [-0.39, 0.29) is 41.4 Å². The standard InChI is InChI=1S/C25H20Cl2FN3O4/c1-35-7-6-22(23(32)9-14-2-5-17(25(30)34)21(28)8-14)31-13-20(27)19(11-24(31)33)18-10-16(26)4-3-15(18)12-29/h2-5,8,10-11,13,22H,6-7,9H2,1H3,(H2,30,34). The van der Waals surface area contributed by atoms with Gasteiger partial charge < -0.3 is 15.0 Å². The molecule has 1 heterocycles. The number of hydrogen-bond acceptors (Lipinski definition) is 5. The molecule has 0 saturated heterocycles. The summed E-state index contributed by atoms with van der Waals surface area (Å²) in [6, 6.07) is 10.6. The van der Waals surface area contributed by atoms with Gasteiger partial charge in [0.1, 0.15) is 5.82 Å². The van der Waals surface area contributed by atoms with Crippen LogP contribution in [0.1, 0.15) is 33.9 Å². The van der Waals surface area contributed by atoms with Gasteiger partial charge in [0, 0.05) is 48.6 Å².